The van der Waals surface area contributed by atoms with Crippen LogP contribution in [0.15, 0.2) is 29.8 Å². The molecule has 2 aromatic heterocycles. The van der Waals surface area contributed by atoms with Crippen LogP contribution in [0, 0.1) is 0 Å². The molecule has 0 saturated carbocycles. The van der Waals surface area contributed by atoms with Crippen LogP contribution in [0.4, 0.5) is 5.82 Å². The van der Waals surface area contributed by atoms with E-state index in [9.17, 15) is 0 Å². The molecule has 0 unspecified atom stereocenters. The van der Waals surface area contributed by atoms with Gasteiger partial charge in [0.15, 0.2) is 5.16 Å². The third-order valence-corrected chi connectivity index (χ3v) is 3.22. The first-order valence-corrected chi connectivity index (χ1v) is 5.87. The highest BCUT2D eigenvalue weighted by Gasteiger charge is 2.02. The molecule has 0 fully saturated rings. The molecular formula is C10H13N5S. The number of rotatable bonds is 4. The highest BCUT2D eigenvalue weighted by molar-refractivity contribution is 7.98. The van der Waals surface area contributed by atoms with Gasteiger partial charge in [0.05, 0.1) is 0 Å². The molecule has 0 aliphatic carbocycles. The number of hydrogen-bond acceptors (Lipinski definition) is 5. The molecule has 0 aliphatic rings. The Morgan fingerprint density at radius 3 is 2.88 bits per heavy atom. The zero-order valence-electron chi connectivity index (χ0n) is 9.21. The fourth-order valence-corrected chi connectivity index (χ4v) is 2.03. The van der Waals surface area contributed by atoms with E-state index in [1.165, 1.54) is 5.56 Å². The maximum absolute atomic E-state index is 4.25. The summed E-state index contributed by atoms with van der Waals surface area (Å²) in [5.41, 5.74) is 1.17. The SMILES string of the molecule is CNc1ccc(CSc2nncn2C)cn1. The maximum Gasteiger partial charge on any atom is 0.191 e. The molecule has 2 rings (SSSR count). The van der Waals surface area contributed by atoms with Crippen molar-refractivity contribution in [1.82, 2.24) is 19.7 Å². The predicted molar refractivity (Wildman–Crippen MR) is 64.3 cm³/mol. The molecule has 16 heavy (non-hydrogen) atoms. The van der Waals surface area contributed by atoms with Gasteiger partial charge in [0, 0.05) is 26.0 Å². The summed E-state index contributed by atoms with van der Waals surface area (Å²) in [7, 11) is 3.79. The van der Waals surface area contributed by atoms with Gasteiger partial charge >= 0.3 is 0 Å². The Morgan fingerprint density at radius 2 is 2.31 bits per heavy atom. The van der Waals surface area contributed by atoms with Gasteiger partial charge in [-0.2, -0.15) is 0 Å². The van der Waals surface area contributed by atoms with Crippen molar-refractivity contribution in [3.05, 3.63) is 30.2 Å². The molecule has 6 heteroatoms. The summed E-state index contributed by atoms with van der Waals surface area (Å²) in [5, 5.41) is 11.7. The molecule has 0 saturated heterocycles. The molecule has 0 spiro atoms. The van der Waals surface area contributed by atoms with Crippen LogP contribution in [0.1, 0.15) is 5.56 Å². The fraction of sp³-hybridized carbons (Fsp3) is 0.300. The van der Waals surface area contributed by atoms with E-state index in [0.717, 1.165) is 16.7 Å². The quantitative estimate of drug-likeness (QED) is 0.815. The minimum Gasteiger partial charge on any atom is -0.373 e. The Balaban J connectivity index is 1.97. The minimum absolute atomic E-state index is 0.851. The number of hydrogen-bond donors (Lipinski definition) is 1. The molecule has 0 radical (unpaired) electrons. The molecule has 0 aromatic carbocycles. The van der Waals surface area contributed by atoms with Crippen LogP contribution < -0.4 is 5.32 Å². The highest BCUT2D eigenvalue weighted by atomic mass is 32.2. The van der Waals surface area contributed by atoms with Gasteiger partial charge in [-0.05, 0) is 11.6 Å². The zero-order chi connectivity index (χ0) is 11.4. The van der Waals surface area contributed by atoms with Crippen LogP contribution in [-0.4, -0.2) is 26.8 Å². The Hall–Kier alpha value is -1.56. The highest BCUT2D eigenvalue weighted by Crippen LogP contribution is 2.19. The molecule has 0 atom stereocenters. The van der Waals surface area contributed by atoms with Crippen LogP contribution in [0.25, 0.3) is 0 Å². The monoisotopic (exact) mass is 235 g/mol. The van der Waals surface area contributed by atoms with Crippen LogP contribution in [0.2, 0.25) is 0 Å². The number of anilines is 1. The van der Waals surface area contributed by atoms with Crippen LogP contribution >= 0.6 is 11.8 Å². The van der Waals surface area contributed by atoms with Gasteiger partial charge in [0.2, 0.25) is 0 Å². The van der Waals surface area contributed by atoms with Crippen molar-refractivity contribution in [1.29, 1.82) is 0 Å². The smallest absolute Gasteiger partial charge is 0.191 e. The predicted octanol–water partition coefficient (Wildman–Crippen LogP) is 1.54. The van der Waals surface area contributed by atoms with Gasteiger partial charge in [0.25, 0.3) is 0 Å². The second-order valence-electron chi connectivity index (χ2n) is 3.31. The lowest BCUT2D eigenvalue weighted by Crippen LogP contribution is -1.93. The summed E-state index contributed by atoms with van der Waals surface area (Å²) in [4.78, 5) is 4.25. The van der Waals surface area contributed by atoms with E-state index >= 15 is 0 Å². The number of aryl methyl sites for hydroxylation is 1. The maximum atomic E-state index is 4.25. The largest absolute Gasteiger partial charge is 0.373 e. The van der Waals surface area contributed by atoms with Crippen LogP contribution in [0.3, 0.4) is 0 Å². The van der Waals surface area contributed by atoms with Crippen molar-refractivity contribution in [3.8, 4) is 0 Å². The normalized spacial score (nSPS) is 10.4. The van der Waals surface area contributed by atoms with Crippen molar-refractivity contribution >= 4 is 17.6 Å². The molecule has 0 aliphatic heterocycles. The van der Waals surface area contributed by atoms with E-state index in [0.29, 0.717) is 0 Å². The Kier molecular flexibility index (Phi) is 3.40. The van der Waals surface area contributed by atoms with E-state index in [4.69, 9.17) is 0 Å². The molecule has 0 amide bonds. The molecule has 5 nitrogen and oxygen atoms in total. The topological polar surface area (TPSA) is 55.6 Å². The first-order chi connectivity index (χ1) is 7.79. The molecule has 84 valence electrons. The van der Waals surface area contributed by atoms with Gasteiger partial charge < -0.3 is 9.88 Å². The number of pyridine rings is 1. The molecular weight excluding hydrogens is 222 g/mol. The van der Waals surface area contributed by atoms with E-state index in [1.807, 2.05) is 30.9 Å². The lowest BCUT2D eigenvalue weighted by molar-refractivity contribution is 0.788. The van der Waals surface area contributed by atoms with Crippen molar-refractivity contribution in [2.24, 2.45) is 7.05 Å². The van der Waals surface area contributed by atoms with Crippen molar-refractivity contribution in [2.75, 3.05) is 12.4 Å². The number of thioether (sulfide) groups is 1. The lowest BCUT2D eigenvalue weighted by Gasteiger charge is -2.02. The second kappa shape index (κ2) is 4.98. The molecule has 0 bridgehead atoms. The number of nitrogens with one attached hydrogen (secondary N) is 1. The van der Waals surface area contributed by atoms with Crippen molar-refractivity contribution in [3.63, 3.8) is 0 Å². The van der Waals surface area contributed by atoms with Crippen molar-refractivity contribution in [2.45, 2.75) is 10.9 Å². The summed E-state index contributed by atoms with van der Waals surface area (Å²) >= 11 is 1.65. The number of nitrogens with zero attached hydrogens (tertiary/aromatic N) is 4. The third kappa shape index (κ3) is 2.52. The first kappa shape index (κ1) is 10.9. The zero-order valence-corrected chi connectivity index (χ0v) is 10.0. The van der Waals surface area contributed by atoms with Gasteiger partial charge in [-0.25, -0.2) is 4.98 Å². The summed E-state index contributed by atoms with van der Waals surface area (Å²) in [6.45, 7) is 0. The van der Waals surface area contributed by atoms with Gasteiger partial charge in [-0.15, -0.1) is 10.2 Å². The summed E-state index contributed by atoms with van der Waals surface area (Å²) in [5.74, 6) is 1.73. The summed E-state index contributed by atoms with van der Waals surface area (Å²) < 4.78 is 1.90. The van der Waals surface area contributed by atoms with Crippen LogP contribution in [-0.2, 0) is 12.8 Å². The first-order valence-electron chi connectivity index (χ1n) is 4.89. The van der Waals surface area contributed by atoms with E-state index < -0.39 is 0 Å². The van der Waals surface area contributed by atoms with E-state index in [1.54, 1.807) is 18.1 Å². The lowest BCUT2D eigenvalue weighted by atomic mass is 10.3. The number of aromatic nitrogens is 4. The average Bonchev–Trinajstić information content (AvgIpc) is 2.73. The van der Waals surface area contributed by atoms with Gasteiger partial charge in [-0.1, -0.05) is 17.8 Å². The summed E-state index contributed by atoms with van der Waals surface area (Å²) in [6.07, 6.45) is 3.57. The molecule has 2 aromatic rings. The molecule has 2 heterocycles. The fourth-order valence-electron chi connectivity index (χ4n) is 1.21. The van der Waals surface area contributed by atoms with Crippen LogP contribution in [0.5, 0.6) is 0 Å². The van der Waals surface area contributed by atoms with E-state index in [-0.39, 0.29) is 0 Å². The van der Waals surface area contributed by atoms with Crippen molar-refractivity contribution < 1.29 is 0 Å². The summed E-state index contributed by atoms with van der Waals surface area (Å²) in [6, 6.07) is 4.02. The molecule has 1 N–H and O–H groups in total. The minimum atomic E-state index is 0.851. The standard InChI is InChI=1S/C10H13N5S/c1-11-9-4-3-8(5-12-9)6-16-10-14-13-7-15(10)2/h3-5,7H,6H2,1-2H3,(H,11,12). The Bertz CT molecular complexity index is 450. The second-order valence-corrected chi connectivity index (χ2v) is 4.26. The van der Waals surface area contributed by atoms with E-state index in [2.05, 4.69) is 26.6 Å². The van der Waals surface area contributed by atoms with Gasteiger partial charge in [-0.3, -0.25) is 0 Å². The van der Waals surface area contributed by atoms with Gasteiger partial charge in [0.1, 0.15) is 12.1 Å². The Labute approximate surface area is 98.3 Å². The third-order valence-electron chi connectivity index (χ3n) is 2.12. The average molecular weight is 235 g/mol. The Morgan fingerprint density at radius 1 is 1.44 bits per heavy atom.